The number of urea groups is 1. The number of rotatable bonds is 4. The molecule has 26 heavy (non-hydrogen) atoms. The minimum Gasteiger partial charge on any atom is -0.342 e. The number of carbonyl (C=O) groups excluding carboxylic acids is 2. The third-order valence-electron chi connectivity index (χ3n) is 4.67. The van der Waals surface area contributed by atoms with E-state index in [-0.39, 0.29) is 11.9 Å². The topological polar surface area (TPSA) is 81.3 Å². The number of amides is 3. The van der Waals surface area contributed by atoms with Crippen LogP contribution < -0.4 is 5.32 Å². The first-order valence-corrected chi connectivity index (χ1v) is 9.31. The van der Waals surface area contributed by atoms with Crippen LogP contribution in [0.2, 0.25) is 0 Å². The Kier molecular flexibility index (Phi) is 5.44. The van der Waals surface area contributed by atoms with Crippen LogP contribution in [0.25, 0.3) is 11.0 Å². The predicted octanol–water partition coefficient (Wildman–Crippen LogP) is 2.56. The van der Waals surface area contributed by atoms with E-state index in [1.54, 1.807) is 4.90 Å². The lowest BCUT2D eigenvalue weighted by atomic mass is 10.1. The van der Waals surface area contributed by atoms with Crippen LogP contribution in [0.4, 0.5) is 4.79 Å². The molecule has 0 saturated carbocycles. The van der Waals surface area contributed by atoms with Gasteiger partial charge in [-0.3, -0.25) is 4.79 Å². The SMILES string of the molecule is CCCNC(=O)N1CCN(C(=O)c2ccc3nc(C(C)C)[nH]c3c2)CC1. The van der Waals surface area contributed by atoms with E-state index in [1.165, 1.54) is 0 Å². The fraction of sp³-hybridized carbons (Fsp3) is 0.526. The van der Waals surface area contributed by atoms with Gasteiger partial charge in [-0.05, 0) is 24.6 Å². The van der Waals surface area contributed by atoms with E-state index in [1.807, 2.05) is 30.0 Å². The van der Waals surface area contributed by atoms with Crippen molar-refractivity contribution in [2.45, 2.75) is 33.1 Å². The standard InChI is InChI=1S/C19H27N5O2/c1-4-7-20-19(26)24-10-8-23(9-11-24)18(25)14-5-6-15-16(12-14)22-17(21-15)13(2)3/h5-6,12-13H,4,7-11H2,1-3H3,(H,20,26)(H,21,22). The molecule has 2 aromatic rings. The molecule has 2 heterocycles. The zero-order valence-electron chi connectivity index (χ0n) is 15.7. The number of carbonyl (C=O) groups is 2. The van der Waals surface area contributed by atoms with E-state index < -0.39 is 0 Å². The van der Waals surface area contributed by atoms with E-state index in [2.05, 4.69) is 29.1 Å². The van der Waals surface area contributed by atoms with Gasteiger partial charge in [0.15, 0.2) is 0 Å². The molecule has 7 nitrogen and oxygen atoms in total. The van der Waals surface area contributed by atoms with Gasteiger partial charge in [-0.25, -0.2) is 9.78 Å². The van der Waals surface area contributed by atoms with Gasteiger partial charge in [0.25, 0.3) is 5.91 Å². The van der Waals surface area contributed by atoms with Crippen LogP contribution in [0.3, 0.4) is 0 Å². The Morgan fingerprint density at radius 2 is 1.88 bits per heavy atom. The molecule has 1 aliphatic heterocycles. The molecule has 0 atom stereocenters. The molecule has 1 aliphatic rings. The average Bonchev–Trinajstić information content (AvgIpc) is 3.09. The number of aromatic amines is 1. The Balaban J connectivity index is 1.65. The predicted molar refractivity (Wildman–Crippen MR) is 101 cm³/mol. The molecule has 0 aliphatic carbocycles. The lowest BCUT2D eigenvalue weighted by molar-refractivity contribution is 0.0665. The molecular weight excluding hydrogens is 330 g/mol. The molecule has 2 N–H and O–H groups in total. The van der Waals surface area contributed by atoms with E-state index >= 15 is 0 Å². The molecule has 1 aromatic heterocycles. The van der Waals surface area contributed by atoms with Crippen LogP contribution in [-0.2, 0) is 0 Å². The van der Waals surface area contributed by atoms with Crippen molar-refractivity contribution in [3.63, 3.8) is 0 Å². The normalized spacial score (nSPS) is 14.9. The fourth-order valence-corrected chi connectivity index (χ4v) is 3.07. The number of aromatic nitrogens is 2. The van der Waals surface area contributed by atoms with Gasteiger partial charge in [-0.2, -0.15) is 0 Å². The van der Waals surface area contributed by atoms with Gasteiger partial charge in [0, 0.05) is 44.2 Å². The highest BCUT2D eigenvalue weighted by Gasteiger charge is 2.25. The van der Waals surface area contributed by atoms with Crippen molar-refractivity contribution in [1.82, 2.24) is 25.1 Å². The summed E-state index contributed by atoms with van der Waals surface area (Å²) in [5, 5.41) is 2.88. The minimum absolute atomic E-state index is 0.00112. The van der Waals surface area contributed by atoms with E-state index in [9.17, 15) is 9.59 Å². The first kappa shape index (κ1) is 18.2. The zero-order chi connectivity index (χ0) is 18.7. The highest BCUT2D eigenvalue weighted by molar-refractivity contribution is 5.97. The highest BCUT2D eigenvalue weighted by atomic mass is 16.2. The fourth-order valence-electron chi connectivity index (χ4n) is 3.07. The summed E-state index contributed by atoms with van der Waals surface area (Å²) in [7, 11) is 0. The van der Waals surface area contributed by atoms with Crippen LogP contribution in [0, 0.1) is 0 Å². The number of fused-ring (bicyclic) bond motifs is 1. The Morgan fingerprint density at radius 3 is 2.54 bits per heavy atom. The lowest BCUT2D eigenvalue weighted by Crippen LogP contribution is -2.53. The van der Waals surface area contributed by atoms with Crippen LogP contribution >= 0.6 is 0 Å². The van der Waals surface area contributed by atoms with Crippen molar-refractivity contribution in [2.75, 3.05) is 32.7 Å². The maximum atomic E-state index is 12.8. The number of H-pyrrole nitrogens is 1. The monoisotopic (exact) mass is 357 g/mol. The van der Waals surface area contributed by atoms with Crippen molar-refractivity contribution in [3.8, 4) is 0 Å². The number of nitrogens with zero attached hydrogens (tertiary/aromatic N) is 3. The van der Waals surface area contributed by atoms with Crippen LogP contribution in [0.5, 0.6) is 0 Å². The summed E-state index contributed by atoms with van der Waals surface area (Å²) in [5.74, 6) is 1.24. The Bertz CT molecular complexity index is 790. The number of imidazole rings is 1. The number of hydrogen-bond acceptors (Lipinski definition) is 3. The molecule has 1 fully saturated rings. The maximum absolute atomic E-state index is 12.8. The second-order valence-corrected chi connectivity index (χ2v) is 7.02. The largest absolute Gasteiger partial charge is 0.342 e. The van der Waals surface area contributed by atoms with Gasteiger partial charge < -0.3 is 20.1 Å². The molecule has 0 bridgehead atoms. The summed E-state index contributed by atoms with van der Waals surface area (Å²) in [6.07, 6.45) is 0.915. The third kappa shape index (κ3) is 3.81. The van der Waals surface area contributed by atoms with Crippen molar-refractivity contribution in [1.29, 1.82) is 0 Å². The average molecular weight is 357 g/mol. The van der Waals surface area contributed by atoms with E-state index in [0.29, 0.717) is 44.2 Å². The van der Waals surface area contributed by atoms with Gasteiger partial charge in [0.2, 0.25) is 0 Å². The summed E-state index contributed by atoms with van der Waals surface area (Å²) < 4.78 is 0. The molecule has 0 unspecified atom stereocenters. The number of piperazine rings is 1. The quantitative estimate of drug-likeness (QED) is 0.882. The summed E-state index contributed by atoms with van der Waals surface area (Å²) in [4.78, 5) is 36.2. The summed E-state index contributed by atoms with van der Waals surface area (Å²) in [5.41, 5.74) is 2.42. The van der Waals surface area contributed by atoms with Gasteiger partial charge in [-0.1, -0.05) is 20.8 Å². The first-order valence-electron chi connectivity index (χ1n) is 9.31. The van der Waals surface area contributed by atoms with Crippen molar-refractivity contribution in [3.05, 3.63) is 29.6 Å². The third-order valence-corrected chi connectivity index (χ3v) is 4.67. The Morgan fingerprint density at radius 1 is 1.19 bits per heavy atom. The van der Waals surface area contributed by atoms with E-state index in [0.717, 1.165) is 23.3 Å². The van der Waals surface area contributed by atoms with Gasteiger partial charge in [-0.15, -0.1) is 0 Å². The number of nitrogens with one attached hydrogen (secondary N) is 2. The summed E-state index contributed by atoms with van der Waals surface area (Å²) >= 11 is 0. The second-order valence-electron chi connectivity index (χ2n) is 7.02. The summed E-state index contributed by atoms with van der Waals surface area (Å²) in [6, 6.07) is 5.55. The van der Waals surface area contributed by atoms with Crippen LogP contribution in [0.15, 0.2) is 18.2 Å². The van der Waals surface area contributed by atoms with Crippen molar-refractivity contribution >= 4 is 23.0 Å². The molecule has 1 saturated heterocycles. The zero-order valence-corrected chi connectivity index (χ0v) is 15.7. The number of hydrogen-bond donors (Lipinski definition) is 2. The highest BCUT2D eigenvalue weighted by Crippen LogP contribution is 2.19. The van der Waals surface area contributed by atoms with Crippen LogP contribution in [-0.4, -0.2) is 64.4 Å². The van der Waals surface area contributed by atoms with Crippen molar-refractivity contribution < 1.29 is 9.59 Å². The molecule has 0 radical (unpaired) electrons. The molecule has 1 aromatic carbocycles. The molecule has 0 spiro atoms. The maximum Gasteiger partial charge on any atom is 0.317 e. The minimum atomic E-state index is -0.0426. The second kappa shape index (κ2) is 7.76. The Labute approximate surface area is 153 Å². The molecular formula is C19H27N5O2. The van der Waals surface area contributed by atoms with E-state index in [4.69, 9.17) is 0 Å². The van der Waals surface area contributed by atoms with Gasteiger partial charge in [0.1, 0.15) is 5.82 Å². The number of benzene rings is 1. The summed E-state index contributed by atoms with van der Waals surface area (Å²) in [6.45, 7) is 9.10. The lowest BCUT2D eigenvalue weighted by Gasteiger charge is -2.34. The van der Waals surface area contributed by atoms with Crippen LogP contribution in [0.1, 0.15) is 49.3 Å². The molecule has 3 amide bonds. The smallest absolute Gasteiger partial charge is 0.317 e. The van der Waals surface area contributed by atoms with Crippen molar-refractivity contribution in [2.24, 2.45) is 0 Å². The molecule has 140 valence electrons. The molecule has 3 rings (SSSR count). The Hall–Kier alpha value is -2.57. The van der Waals surface area contributed by atoms with Gasteiger partial charge >= 0.3 is 6.03 Å². The molecule has 7 heteroatoms. The first-order chi connectivity index (χ1) is 12.5. The van der Waals surface area contributed by atoms with Gasteiger partial charge in [0.05, 0.1) is 11.0 Å².